The largest absolute Gasteiger partial charge is 0.497 e. The second kappa shape index (κ2) is 7.78. The van der Waals surface area contributed by atoms with Crippen molar-refractivity contribution in [2.45, 2.75) is 31.7 Å². The van der Waals surface area contributed by atoms with E-state index in [1.54, 1.807) is 12.0 Å². The molecule has 1 unspecified atom stereocenters. The maximum atomic E-state index is 12.5. The molecule has 2 aromatic rings. The van der Waals surface area contributed by atoms with Crippen molar-refractivity contribution in [3.8, 4) is 5.75 Å². The number of methoxy groups -OCH3 is 1. The van der Waals surface area contributed by atoms with Crippen LogP contribution in [0.2, 0.25) is 0 Å². The summed E-state index contributed by atoms with van der Waals surface area (Å²) in [5.41, 5.74) is 14.2. The van der Waals surface area contributed by atoms with Crippen molar-refractivity contribution in [3.05, 3.63) is 35.5 Å². The average molecular weight is 376 g/mol. The lowest BCUT2D eigenvalue weighted by Crippen LogP contribution is -2.45. The summed E-state index contributed by atoms with van der Waals surface area (Å²) in [5, 5.41) is 0. The van der Waals surface area contributed by atoms with Crippen LogP contribution in [-0.2, 0) is 17.6 Å². The molecule has 2 heterocycles. The highest BCUT2D eigenvalue weighted by Crippen LogP contribution is 2.36. The number of carbonyl (C=O) groups excluding carboxylic acids is 1. The number of aromatic nitrogens is 2. The summed E-state index contributed by atoms with van der Waals surface area (Å²) in [7, 11) is 1.64. The summed E-state index contributed by atoms with van der Waals surface area (Å²) < 4.78 is 5.18. The number of alkyl halides is 1. The Morgan fingerprint density at radius 1 is 1.31 bits per heavy atom. The third-order valence-corrected chi connectivity index (χ3v) is 4.86. The zero-order chi connectivity index (χ0) is 18.7. The standard InChI is InChI=1S/C18H22ClN5O2/c1-26-13-7-3-11(4-8-13)2-5-12-6-9-14-16(24(12)15(25)10-19)17(20)23-18(21)22-14/h3-4,7-8,12H,2,5-6,9-10H2,1H3,(H4,20,21,22,23). The minimum absolute atomic E-state index is 0.00891. The van der Waals surface area contributed by atoms with Gasteiger partial charge in [0.15, 0.2) is 5.82 Å². The summed E-state index contributed by atoms with van der Waals surface area (Å²) >= 11 is 5.84. The smallest absolute Gasteiger partial charge is 0.242 e. The average Bonchev–Trinajstić information content (AvgIpc) is 2.65. The van der Waals surface area contributed by atoms with Crippen LogP contribution in [0.25, 0.3) is 0 Å². The van der Waals surface area contributed by atoms with E-state index in [4.69, 9.17) is 27.8 Å². The molecular weight excluding hydrogens is 354 g/mol. The van der Waals surface area contributed by atoms with Crippen LogP contribution in [0.1, 0.15) is 24.1 Å². The van der Waals surface area contributed by atoms with E-state index in [1.807, 2.05) is 24.3 Å². The number of ether oxygens (including phenoxy) is 1. The molecule has 138 valence electrons. The summed E-state index contributed by atoms with van der Waals surface area (Å²) in [6, 6.07) is 7.91. The summed E-state index contributed by atoms with van der Waals surface area (Å²) in [4.78, 5) is 22.4. The fourth-order valence-corrected chi connectivity index (χ4v) is 3.51. The van der Waals surface area contributed by atoms with Gasteiger partial charge in [-0.25, -0.2) is 4.98 Å². The predicted molar refractivity (Wildman–Crippen MR) is 102 cm³/mol. The first-order valence-corrected chi connectivity index (χ1v) is 8.99. The van der Waals surface area contributed by atoms with Crippen molar-refractivity contribution in [1.29, 1.82) is 0 Å². The molecule has 0 aliphatic carbocycles. The minimum atomic E-state index is -0.201. The Hall–Kier alpha value is -2.54. The van der Waals surface area contributed by atoms with Gasteiger partial charge in [-0.2, -0.15) is 4.98 Å². The van der Waals surface area contributed by atoms with Crippen molar-refractivity contribution in [2.75, 3.05) is 29.4 Å². The molecule has 1 atom stereocenters. The van der Waals surface area contributed by atoms with Gasteiger partial charge in [0.1, 0.15) is 17.3 Å². The number of halogens is 1. The summed E-state index contributed by atoms with van der Waals surface area (Å²) in [5.74, 6) is 0.841. The van der Waals surface area contributed by atoms with Gasteiger partial charge >= 0.3 is 0 Å². The molecule has 1 aromatic carbocycles. The van der Waals surface area contributed by atoms with Gasteiger partial charge in [0.2, 0.25) is 11.9 Å². The van der Waals surface area contributed by atoms with E-state index in [0.29, 0.717) is 17.8 Å². The number of nitrogens with zero attached hydrogens (tertiary/aromatic N) is 3. The molecule has 4 N–H and O–H groups in total. The molecule has 1 amide bonds. The third kappa shape index (κ3) is 3.67. The molecule has 7 nitrogen and oxygen atoms in total. The first-order chi connectivity index (χ1) is 12.5. The molecule has 1 aliphatic rings. The van der Waals surface area contributed by atoms with Crippen LogP contribution in [0.4, 0.5) is 17.5 Å². The molecule has 0 saturated heterocycles. The van der Waals surface area contributed by atoms with Crippen LogP contribution in [0, 0.1) is 0 Å². The lowest BCUT2D eigenvalue weighted by Gasteiger charge is -2.37. The molecule has 8 heteroatoms. The Morgan fingerprint density at radius 2 is 2.04 bits per heavy atom. The number of aryl methyl sites for hydroxylation is 2. The zero-order valence-electron chi connectivity index (χ0n) is 14.6. The Bertz CT molecular complexity index is 797. The Balaban J connectivity index is 1.82. The maximum absolute atomic E-state index is 12.5. The first-order valence-electron chi connectivity index (χ1n) is 8.46. The number of fused-ring (bicyclic) bond motifs is 1. The van der Waals surface area contributed by atoms with Gasteiger partial charge in [-0.15, -0.1) is 11.6 Å². The van der Waals surface area contributed by atoms with Crippen molar-refractivity contribution >= 4 is 35.0 Å². The third-order valence-electron chi connectivity index (χ3n) is 4.63. The molecule has 0 saturated carbocycles. The predicted octanol–water partition coefficient (Wildman–Crippen LogP) is 2.17. The van der Waals surface area contributed by atoms with Gasteiger partial charge in [0, 0.05) is 6.04 Å². The van der Waals surface area contributed by atoms with E-state index >= 15 is 0 Å². The van der Waals surface area contributed by atoms with Crippen LogP contribution in [0.15, 0.2) is 24.3 Å². The van der Waals surface area contributed by atoms with E-state index in [2.05, 4.69) is 9.97 Å². The van der Waals surface area contributed by atoms with Crippen LogP contribution >= 0.6 is 11.6 Å². The topological polar surface area (TPSA) is 107 Å². The SMILES string of the molecule is COc1ccc(CCC2CCc3nc(N)nc(N)c3N2C(=O)CCl)cc1. The van der Waals surface area contributed by atoms with Gasteiger partial charge < -0.3 is 21.1 Å². The number of hydrogen-bond acceptors (Lipinski definition) is 6. The van der Waals surface area contributed by atoms with E-state index in [1.165, 1.54) is 5.56 Å². The molecule has 0 radical (unpaired) electrons. The van der Waals surface area contributed by atoms with Crippen molar-refractivity contribution in [2.24, 2.45) is 0 Å². The number of nitrogen functional groups attached to an aromatic ring is 2. The van der Waals surface area contributed by atoms with E-state index in [0.717, 1.165) is 25.0 Å². The number of nitrogens with two attached hydrogens (primary N) is 2. The number of rotatable bonds is 5. The summed E-state index contributed by atoms with van der Waals surface area (Å²) in [6.07, 6.45) is 3.09. The number of anilines is 3. The van der Waals surface area contributed by atoms with Crippen LogP contribution < -0.4 is 21.1 Å². The van der Waals surface area contributed by atoms with Gasteiger partial charge in [0.05, 0.1) is 12.8 Å². The number of carbonyl (C=O) groups is 1. The zero-order valence-corrected chi connectivity index (χ0v) is 15.4. The molecule has 1 aliphatic heterocycles. The van der Waals surface area contributed by atoms with E-state index in [-0.39, 0.29) is 29.6 Å². The second-order valence-electron chi connectivity index (χ2n) is 6.24. The highest BCUT2D eigenvalue weighted by molar-refractivity contribution is 6.29. The van der Waals surface area contributed by atoms with E-state index < -0.39 is 0 Å². The van der Waals surface area contributed by atoms with Crippen molar-refractivity contribution in [1.82, 2.24) is 9.97 Å². The Kier molecular flexibility index (Phi) is 5.46. The van der Waals surface area contributed by atoms with Gasteiger partial charge in [0.25, 0.3) is 0 Å². The molecular formula is C18H22ClN5O2. The molecule has 1 aromatic heterocycles. The Morgan fingerprint density at radius 3 is 2.69 bits per heavy atom. The highest BCUT2D eigenvalue weighted by atomic mass is 35.5. The lowest BCUT2D eigenvalue weighted by atomic mass is 9.94. The lowest BCUT2D eigenvalue weighted by molar-refractivity contribution is -0.116. The van der Waals surface area contributed by atoms with Crippen LogP contribution in [0.3, 0.4) is 0 Å². The summed E-state index contributed by atoms with van der Waals surface area (Å²) in [6.45, 7) is 0. The first kappa shape index (κ1) is 18.3. The number of amides is 1. The van der Waals surface area contributed by atoms with E-state index in [9.17, 15) is 4.79 Å². The molecule has 0 spiro atoms. The quantitative estimate of drug-likeness (QED) is 0.775. The van der Waals surface area contributed by atoms with Crippen LogP contribution in [0.5, 0.6) is 5.75 Å². The number of hydrogen-bond donors (Lipinski definition) is 2. The number of benzene rings is 1. The maximum Gasteiger partial charge on any atom is 0.242 e. The van der Waals surface area contributed by atoms with Gasteiger partial charge in [-0.3, -0.25) is 4.79 Å². The molecule has 3 rings (SSSR count). The Labute approximate surface area is 157 Å². The molecule has 0 fully saturated rings. The van der Waals surface area contributed by atoms with Crippen molar-refractivity contribution in [3.63, 3.8) is 0 Å². The normalized spacial score (nSPS) is 16.2. The molecule has 26 heavy (non-hydrogen) atoms. The fraction of sp³-hybridized carbons (Fsp3) is 0.389. The van der Waals surface area contributed by atoms with Crippen molar-refractivity contribution < 1.29 is 9.53 Å². The van der Waals surface area contributed by atoms with Gasteiger partial charge in [-0.1, -0.05) is 12.1 Å². The highest BCUT2D eigenvalue weighted by Gasteiger charge is 2.33. The van der Waals surface area contributed by atoms with Crippen LogP contribution in [-0.4, -0.2) is 34.9 Å². The fourth-order valence-electron chi connectivity index (χ4n) is 3.38. The second-order valence-corrected chi connectivity index (χ2v) is 6.51. The monoisotopic (exact) mass is 375 g/mol. The van der Waals surface area contributed by atoms with Gasteiger partial charge in [-0.05, 0) is 43.4 Å². The minimum Gasteiger partial charge on any atom is -0.497 e. The molecule has 0 bridgehead atoms.